The lowest BCUT2D eigenvalue weighted by atomic mass is 10.1. The molecule has 2 rings (SSSR count). The lowest BCUT2D eigenvalue weighted by Crippen LogP contribution is -2.26. The van der Waals surface area contributed by atoms with E-state index in [0.717, 1.165) is 21.7 Å². The summed E-state index contributed by atoms with van der Waals surface area (Å²) in [5.74, 6) is 0.0386. The molecule has 1 amide bonds. The third kappa shape index (κ3) is 3.54. The maximum absolute atomic E-state index is 12.0. The normalized spacial score (nSPS) is 10.3. The van der Waals surface area contributed by atoms with Crippen LogP contribution in [0, 0.1) is 6.92 Å². The molecule has 1 aromatic heterocycles. The predicted octanol–water partition coefficient (Wildman–Crippen LogP) is 3.23. The van der Waals surface area contributed by atoms with Crippen molar-refractivity contribution in [2.75, 3.05) is 6.54 Å². The van der Waals surface area contributed by atoms with E-state index in [0.29, 0.717) is 12.1 Å². The standard InChI is InChI=1S/C16H17NO2S/c1-11-5-3-4-6-14(11)16(19)17-10-9-13-7-8-15(20-13)12(2)18/h3-8H,9-10H2,1-2H3,(H,17,19). The fraction of sp³-hybridized carbons (Fsp3) is 0.250. The van der Waals surface area contributed by atoms with Crippen LogP contribution < -0.4 is 5.32 Å². The molecule has 0 fully saturated rings. The summed E-state index contributed by atoms with van der Waals surface area (Å²) in [4.78, 5) is 25.1. The summed E-state index contributed by atoms with van der Waals surface area (Å²) in [7, 11) is 0. The first kappa shape index (κ1) is 14.5. The highest BCUT2D eigenvalue weighted by Crippen LogP contribution is 2.17. The Morgan fingerprint density at radius 3 is 2.55 bits per heavy atom. The largest absolute Gasteiger partial charge is 0.352 e. The van der Waals surface area contributed by atoms with Crippen LogP contribution in [0.4, 0.5) is 0 Å². The van der Waals surface area contributed by atoms with Gasteiger partial charge in [-0.3, -0.25) is 9.59 Å². The second kappa shape index (κ2) is 6.48. The van der Waals surface area contributed by atoms with Gasteiger partial charge in [0.1, 0.15) is 0 Å². The van der Waals surface area contributed by atoms with Gasteiger partial charge in [-0.15, -0.1) is 11.3 Å². The van der Waals surface area contributed by atoms with Gasteiger partial charge < -0.3 is 5.32 Å². The minimum absolute atomic E-state index is 0.0496. The molecule has 0 bridgehead atoms. The molecule has 20 heavy (non-hydrogen) atoms. The summed E-state index contributed by atoms with van der Waals surface area (Å²) in [6, 6.07) is 11.3. The van der Waals surface area contributed by atoms with Gasteiger partial charge in [0.2, 0.25) is 0 Å². The fourth-order valence-corrected chi connectivity index (χ4v) is 2.83. The third-order valence-corrected chi connectivity index (χ3v) is 4.30. The first-order valence-corrected chi connectivity index (χ1v) is 7.33. The average molecular weight is 287 g/mol. The van der Waals surface area contributed by atoms with Crippen LogP contribution in [0.25, 0.3) is 0 Å². The Morgan fingerprint density at radius 1 is 1.15 bits per heavy atom. The molecule has 0 aliphatic carbocycles. The molecular weight excluding hydrogens is 270 g/mol. The van der Waals surface area contributed by atoms with E-state index in [1.165, 1.54) is 11.3 Å². The number of carbonyl (C=O) groups excluding carboxylic acids is 2. The molecule has 0 unspecified atom stereocenters. The van der Waals surface area contributed by atoms with Crippen LogP contribution in [0.5, 0.6) is 0 Å². The quantitative estimate of drug-likeness (QED) is 0.858. The van der Waals surface area contributed by atoms with Crippen LogP contribution in [0.1, 0.15) is 37.4 Å². The van der Waals surface area contributed by atoms with Crippen molar-refractivity contribution in [1.29, 1.82) is 0 Å². The Kier molecular flexibility index (Phi) is 4.69. The van der Waals surface area contributed by atoms with Crippen molar-refractivity contribution in [1.82, 2.24) is 5.32 Å². The molecule has 4 heteroatoms. The van der Waals surface area contributed by atoms with Gasteiger partial charge in [-0.2, -0.15) is 0 Å². The smallest absolute Gasteiger partial charge is 0.251 e. The summed E-state index contributed by atoms with van der Waals surface area (Å²) >= 11 is 1.49. The number of rotatable bonds is 5. The van der Waals surface area contributed by atoms with E-state index in [-0.39, 0.29) is 11.7 Å². The molecule has 1 N–H and O–H groups in total. The summed E-state index contributed by atoms with van der Waals surface area (Å²) in [6.45, 7) is 4.06. The van der Waals surface area contributed by atoms with Crippen LogP contribution in [-0.4, -0.2) is 18.2 Å². The maximum Gasteiger partial charge on any atom is 0.251 e. The lowest BCUT2D eigenvalue weighted by molar-refractivity contribution is 0.0952. The van der Waals surface area contributed by atoms with Crippen molar-refractivity contribution in [2.45, 2.75) is 20.3 Å². The Balaban J connectivity index is 1.88. The van der Waals surface area contributed by atoms with Crippen molar-refractivity contribution < 1.29 is 9.59 Å². The number of hydrogen-bond donors (Lipinski definition) is 1. The Labute approximate surface area is 122 Å². The maximum atomic E-state index is 12.0. The second-order valence-corrected chi connectivity index (χ2v) is 5.81. The monoisotopic (exact) mass is 287 g/mol. The fourth-order valence-electron chi connectivity index (χ4n) is 1.92. The van der Waals surface area contributed by atoms with Gasteiger partial charge in [-0.25, -0.2) is 0 Å². The molecule has 104 valence electrons. The van der Waals surface area contributed by atoms with Gasteiger partial charge in [-0.05, 0) is 44.0 Å². The van der Waals surface area contributed by atoms with Crippen molar-refractivity contribution in [2.24, 2.45) is 0 Å². The molecule has 0 radical (unpaired) electrons. The molecule has 0 aliphatic heterocycles. The van der Waals surface area contributed by atoms with Gasteiger partial charge >= 0.3 is 0 Å². The molecule has 0 saturated carbocycles. The molecule has 3 nitrogen and oxygen atoms in total. The Morgan fingerprint density at radius 2 is 1.90 bits per heavy atom. The summed E-state index contributed by atoms with van der Waals surface area (Å²) in [6.07, 6.45) is 0.746. The molecule has 0 saturated heterocycles. The van der Waals surface area contributed by atoms with E-state index in [9.17, 15) is 9.59 Å². The Hall–Kier alpha value is -1.94. The van der Waals surface area contributed by atoms with E-state index in [2.05, 4.69) is 5.32 Å². The first-order chi connectivity index (χ1) is 9.58. The minimum atomic E-state index is -0.0496. The van der Waals surface area contributed by atoms with Crippen LogP contribution in [0.2, 0.25) is 0 Å². The van der Waals surface area contributed by atoms with Gasteiger partial charge in [0, 0.05) is 17.0 Å². The van der Waals surface area contributed by atoms with Crippen molar-refractivity contribution in [3.8, 4) is 0 Å². The van der Waals surface area contributed by atoms with Crippen molar-refractivity contribution in [3.05, 3.63) is 57.3 Å². The van der Waals surface area contributed by atoms with Gasteiger partial charge in [0.05, 0.1) is 4.88 Å². The SMILES string of the molecule is CC(=O)c1ccc(CCNC(=O)c2ccccc2C)s1. The number of benzene rings is 1. The van der Waals surface area contributed by atoms with E-state index in [1.807, 2.05) is 43.3 Å². The number of hydrogen-bond acceptors (Lipinski definition) is 3. The molecule has 2 aromatic rings. The lowest BCUT2D eigenvalue weighted by Gasteiger charge is -2.06. The average Bonchev–Trinajstić information content (AvgIpc) is 2.88. The Bertz CT molecular complexity index is 631. The zero-order valence-corrected chi connectivity index (χ0v) is 12.4. The van der Waals surface area contributed by atoms with E-state index >= 15 is 0 Å². The highest BCUT2D eigenvalue weighted by Gasteiger charge is 2.08. The molecule has 0 aliphatic rings. The summed E-state index contributed by atoms with van der Waals surface area (Å²) in [5.41, 5.74) is 1.68. The topological polar surface area (TPSA) is 46.2 Å². The summed E-state index contributed by atoms with van der Waals surface area (Å²) in [5, 5.41) is 2.91. The van der Waals surface area contributed by atoms with Gasteiger partial charge in [0.15, 0.2) is 5.78 Å². The van der Waals surface area contributed by atoms with Crippen molar-refractivity contribution >= 4 is 23.0 Å². The second-order valence-electron chi connectivity index (χ2n) is 4.64. The highest BCUT2D eigenvalue weighted by atomic mass is 32.1. The molecular formula is C16H17NO2S. The molecule has 1 aromatic carbocycles. The van der Waals surface area contributed by atoms with Crippen LogP contribution in [-0.2, 0) is 6.42 Å². The van der Waals surface area contributed by atoms with Gasteiger partial charge in [-0.1, -0.05) is 18.2 Å². The van der Waals surface area contributed by atoms with Crippen LogP contribution >= 0.6 is 11.3 Å². The van der Waals surface area contributed by atoms with Gasteiger partial charge in [0.25, 0.3) is 5.91 Å². The number of Topliss-reactive ketones (excluding diaryl/α,β-unsaturated/α-hetero) is 1. The highest BCUT2D eigenvalue weighted by molar-refractivity contribution is 7.14. The minimum Gasteiger partial charge on any atom is -0.352 e. The van der Waals surface area contributed by atoms with E-state index < -0.39 is 0 Å². The number of aryl methyl sites for hydroxylation is 1. The van der Waals surface area contributed by atoms with E-state index in [4.69, 9.17) is 0 Å². The van der Waals surface area contributed by atoms with Crippen LogP contribution in [0.15, 0.2) is 36.4 Å². The van der Waals surface area contributed by atoms with E-state index in [1.54, 1.807) is 6.92 Å². The molecule has 0 atom stereocenters. The predicted molar refractivity (Wildman–Crippen MR) is 81.5 cm³/mol. The van der Waals surface area contributed by atoms with Crippen LogP contribution in [0.3, 0.4) is 0 Å². The number of amides is 1. The third-order valence-electron chi connectivity index (χ3n) is 3.06. The molecule has 0 spiro atoms. The number of ketones is 1. The summed E-state index contributed by atoms with van der Waals surface area (Å²) < 4.78 is 0. The number of nitrogens with one attached hydrogen (secondary N) is 1. The number of carbonyl (C=O) groups is 2. The number of thiophene rings is 1. The van der Waals surface area contributed by atoms with Crippen molar-refractivity contribution in [3.63, 3.8) is 0 Å². The zero-order chi connectivity index (χ0) is 14.5. The zero-order valence-electron chi connectivity index (χ0n) is 11.6. The molecule has 1 heterocycles. The first-order valence-electron chi connectivity index (χ1n) is 6.51.